The van der Waals surface area contributed by atoms with Crippen molar-refractivity contribution in [3.8, 4) is 0 Å². The predicted octanol–water partition coefficient (Wildman–Crippen LogP) is 1.21. The molecule has 0 spiro atoms. The van der Waals surface area contributed by atoms with E-state index in [-0.39, 0.29) is 0 Å². The summed E-state index contributed by atoms with van der Waals surface area (Å²) in [4.78, 5) is 4.24. The van der Waals surface area contributed by atoms with E-state index in [1.807, 2.05) is 13.1 Å². The topological polar surface area (TPSA) is 79.1 Å². The summed E-state index contributed by atoms with van der Waals surface area (Å²) in [6.07, 6.45) is 3.91. The fourth-order valence-corrected chi connectivity index (χ4v) is 1.46. The van der Waals surface area contributed by atoms with Crippen LogP contribution in [0.4, 0.5) is 0 Å². The van der Waals surface area contributed by atoms with E-state index in [0.29, 0.717) is 11.9 Å². The van der Waals surface area contributed by atoms with E-state index in [2.05, 4.69) is 34.4 Å². The first-order valence-electron chi connectivity index (χ1n) is 6.12. The van der Waals surface area contributed by atoms with Crippen LogP contribution in [-0.2, 0) is 6.42 Å². The van der Waals surface area contributed by atoms with Crippen LogP contribution >= 0.6 is 0 Å². The smallest absolute Gasteiger partial charge is 0.188 e. The van der Waals surface area contributed by atoms with Crippen LogP contribution < -0.4 is 11.1 Å². The molecule has 17 heavy (non-hydrogen) atoms. The normalized spacial score (nSPS) is 12.1. The van der Waals surface area contributed by atoms with Gasteiger partial charge in [0.05, 0.1) is 6.20 Å². The number of guanidine groups is 1. The van der Waals surface area contributed by atoms with Crippen LogP contribution in [0.3, 0.4) is 0 Å². The maximum absolute atomic E-state index is 5.73. The van der Waals surface area contributed by atoms with Crippen molar-refractivity contribution in [2.45, 2.75) is 33.6 Å². The summed E-state index contributed by atoms with van der Waals surface area (Å²) in [5.41, 5.74) is 8.14. The molecule has 0 amide bonds. The molecule has 1 rings (SSSR count). The first-order valence-corrected chi connectivity index (χ1v) is 6.12. The number of aromatic nitrogens is 2. The SMILES string of the molecule is Cc1[nH]ncc1CCCNC(N)=NCC(C)C. The number of hydrogen-bond donors (Lipinski definition) is 3. The number of H-pyrrole nitrogens is 1. The summed E-state index contributed by atoms with van der Waals surface area (Å²) < 4.78 is 0. The van der Waals surface area contributed by atoms with Gasteiger partial charge in [-0.3, -0.25) is 10.1 Å². The number of aliphatic imine (C=N–C) groups is 1. The molecule has 0 atom stereocenters. The van der Waals surface area contributed by atoms with Gasteiger partial charge in [-0.15, -0.1) is 0 Å². The summed E-state index contributed by atoms with van der Waals surface area (Å²) in [5.74, 6) is 1.09. The zero-order valence-electron chi connectivity index (χ0n) is 11.0. The molecule has 0 radical (unpaired) electrons. The largest absolute Gasteiger partial charge is 0.370 e. The summed E-state index contributed by atoms with van der Waals surface area (Å²) in [6.45, 7) is 7.91. The van der Waals surface area contributed by atoms with Crippen LogP contribution in [0.25, 0.3) is 0 Å². The monoisotopic (exact) mass is 237 g/mol. The van der Waals surface area contributed by atoms with Gasteiger partial charge in [-0.05, 0) is 31.2 Å². The first-order chi connectivity index (χ1) is 8.09. The van der Waals surface area contributed by atoms with Gasteiger partial charge in [0.1, 0.15) is 0 Å². The zero-order valence-corrected chi connectivity index (χ0v) is 11.0. The highest BCUT2D eigenvalue weighted by molar-refractivity contribution is 5.77. The fraction of sp³-hybridized carbons (Fsp3) is 0.667. The van der Waals surface area contributed by atoms with Crippen LogP contribution in [0.1, 0.15) is 31.5 Å². The summed E-state index contributed by atoms with van der Waals surface area (Å²) in [5, 5.41) is 10.0. The van der Waals surface area contributed by atoms with E-state index in [9.17, 15) is 0 Å². The van der Waals surface area contributed by atoms with E-state index in [1.165, 1.54) is 5.56 Å². The standard InChI is InChI=1S/C12H23N5/c1-9(2)7-15-12(13)14-6-4-5-11-8-16-17-10(11)3/h8-9H,4-7H2,1-3H3,(H,16,17)(H3,13,14,15). The Kier molecular flexibility index (Phi) is 5.52. The van der Waals surface area contributed by atoms with Gasteiger partial charge < -0.3 is 11.1 Å². The van der Waals surface area contributed by atoms with Crippen LogP contribution in [0.2, 0.25) is 0 Å². The minimum absolute atomic E-state index is 0.544. The van der Waals surface area contributed by atoms with Crippen LogP contribution in [0, 0.1) is 12.8 Å². The Balaban J connectivity index is 2.16. The van der Waals surface area contributed by atoms with Crippen LogP contribution in [0.15, 0.2) is 11.2 Å². The van der Waals surface area contributed by atoms with Crippen molar-refractivity contribution in [3.05, 3.63) is 17.5 Å². The molecule has 0 saturated carbocycles. The van der Waals surface area contributed by atoms with Crippen molar-refractivity contribution in [3.63, 3.8) is 0 Å². The number of rotatable bonds is 6. The Morgan fingerprint density at radius 1 is 1.59 bits per heavy atom. The highest BCUT2D eigenvalue weighted by atomic mass is 15.1. The molecule has 96 valence electrons. The number of nitrogens with one attached hydrogen (secondary N) is 2. The van der Waals surface area contributed by atoms with Gasteiger partial charge in [-0.25, -0.2) is 0 Å². The zero-order chi connectivity index (χ0) is 12.7. The second kappa shape index (κ2) is 6.93. The number of nitrogens with two attached hydrogens (primary N) is 1. The lowest BCUT2D eigenvalue weighted by Gasteiger charge is -2.06. The Morgan fingerprint density at radius 3 is 2.94 bits per heavy atom. The third kappa shape index (κ3) is 5.38. The molecule has 0 bridgehead atoms. The van der Waals surface area contributed by atoms with Crippen molar-refractivity contribution in [2.24, 2.45) is 16.6 Å². The van der Waals surface area contributed by atoms with Gasteiger partial charge in [0, 0.05) is 18.8 Å². The van der Waals surface area contributed by atoms with Crippen molar-refractivity contribution in [2.75, 3.05) is 13.1 Å². The highest BCUT2D eigenvalue weighted by Gasteiger charge is 2.00. The van der Waals surface area contributed by atoms with Gasteiger partial charge in [-0.1, -0.05) is 13.8 Å². The molecular formula is C12H23N5. The Morgan fingerprint density at radius 2 is 2.35 bits per heavy atom. The third-order valence-electron chi connectivity index (χ3n) is 2.49. The van der Waals surface area contributed by atoms with E-state index in [1.54, 1.807) is 0 Å². The van der Waals surface area contributed by atoms with Crippen LogP contribution in [0.5, 0.6) is 0 Å². The fourth-order valence-electron chi connectivity index (χ4n) is 1.46. The molecule has 0 aliphatic rings. The molecule has 0 aromatic carbocycles. The summed E-state index contributed by atoms with van der Waals surface area (Å²) in [6, 6.07) is 0. The van der Waals surface area contributed by atoms with E-state index >= 15 is 0 Å². The molecule has 0 unspecified atom stereocenters. The lowest BCUT2D eigenvalue weighted by atomic mass is 10.1. The third-order valence-corrected chi connectivity index (χ3v) is 2.49. The van der Waals surface area contributed by atoms with Crippen molar-refractivity contribution >= 4 is 5.96 Å². The Hall–Kier alpha value is -1.52. The highest BCUT2D eigenvalue weighted by Crippen LogP contribution is 2.04. The number of aromatic amines is 1. The molecule has 1 aromatic rings. The van der Waals surface area contributed by atoms with E-state index < -0.39 is 0 Å². The minimum Gasteiger partial charge on any atom is -0.370 e. The summed E-state index contributed by atoms with van der Waals surface area (Å²) in [7, 11) is 0. The molecule has 5 nitrogen and oxygen atoms in total. The van der Waals surface area contributed by atoms with Crippen molar-refractivity contribution in [1.82, 2.24) is 15.5 Å². The Bertz CT molecular complexity index is 354. The molecular weight excluding hydrogens is 214 g/mol. The quantitative estimate of drug-likeness (QED) is 0.395. The lowest BCUT2D eigenvalue weighted by Crippen LogP contribution is -2.33. The molecule has 1 heterocycles. The average molecular weight is 237 g/mol. The first kappa shape index (κ1) is 13.5. The molecule has 0 saturated heterocycles. The maximum Gasteiger partial charge on any atom is 0.188 e. The maximum atomic E-state index is 5.73. The van der Waals surface area contributed by atoms with E-state index in [4.69, 9.17) is 5.73 Å². The van der Waals surface area contributed by atoms with Gasteiger partial charge in [0.2, 0.25) is 0 Å². The van der Waals surface area contributed by atoms with Gasteiger partial charge in [-0.2, -0.15) is 5.10 Å². The summed E-state index contributed by atoms with van der Waals surface area (Å²) >= 11 is 0. The molecule has 4 N–H and O–H groups in total. The van der Waals surface area contributed by atoms with Gasteiger partial charge >= 0.3 is 0 Å². The molecule has 5 heteroatoms. The second-order valence-corrected chi connectivity index (χ2v) is 4.67. The molecule has 1 aromatic heterocycles. The van der Waals surface area contributed by atoms with E-state index in [0.717, 1.165) is 31.6 Å². The number of hydrogen-bond acceptors (Lipinski definition) is 2. The average Bonchev–Trinajstić information content (AvgIpc) is 2.68. The van der Waals surface area contributed by atoms with Gasteiger partial charge in [0.25, 0.3) is 0 Å². The second-order valence-electron chi connectivity index (χ2n) is 4.67. The lowest BCUT2D eigenvalue weighted by molar-refractivity contribution is 0.659. The number of aryl methyl sites for hydroxylation is 2. The van der Waals surface area contributed by atoms with Crippen LogP contribution in [-0.4, -0.2) is 29.2 Å². The minimum atomic E-state index is 0.544. The van der Waals surface area contributed by atoms with Gasteiger partial charge in [0.15, 0.2) is 5.96 Å². The Labute approximate surface area is 103 Å². The molecule has 0 aliphatic carbocycles. The van der Waals surface area contributed by atoms with Crippen molar-refractivity contribution < 1.29 is 0 Å². The van der Waals surface area contributed by atoms with Crippen molar-refractivity contribution in [1.29, 1.82) is 0 Å². The predicted molar refractivity (Wildman–Crippen MR) is 71.0 cm³/mol. The number of nitrogens with zero attached hydrogens (tertiary/aromatic N) is 2. The molecule has 0 aliphatic heterocycles. The molecule has 0 fully saturated rings.